The summed E-state index contributed by atoms with van der Waals surface area (Å²) in [5.74, 6) is 2.14. The maximum atomic E-state index is 9.52. The highest BCUT2D eigenvalue weighted by Gasteiger charge is 2.19. The van der Waals surface area contributed by atoms with Gasteiger partial charge in [0, 0.05) is 29.9 Å². The number of aryl methyl sites for hydroxylation is 1. The van der Waals surface area contributed by atoms with Gasteiger partial charge in [0.2, 0.25) is 5.82 Å². The molecule has 0 fully saturated rings. The van der Waals surface area contributed by atoms with E-state index in [1.54, 1.807) is 12.1 Å². The van der Waals surface area contributed by atoms with Crippen LogP contribution >= 0.6 is 11.6 Å². The van der Waals surface area contributed by atoms with E-state index in [1.165, 1.54) is 7.11 Å². The van der Waals surface area contributed by atoms with Crippen LogP contribution in [-0.4, -0.2) is 64.9 Å². The highest BCUT2D eigenvalue weighted by atomic mass is 35.5. The number of aliphatic hydroxyl groups excluding tert-OH is 2. The van der Waals surface area contributed by atoms with Crippen LogP contribution in [0.15, 0.2) is 28.8 Å². The summed E-state index contributed by atoms with van der Waals surface area (Å²) in [4.78, 5) is 11.3. The summed E-state index contributed by atoms with van der Waals surface area (Å²) in [5, 5.41) is 22.8. The van der Waals surface area contributed by atoms with E-state index in [2.05, 4.69) is 33.9 Å². The normalized spacial score (nSPS) is 12.0. The predicted octanol–water partition coefficient (Wildman–Crippen LogP) is 3.35. The Morgan fingerprint density at radius 1 is 1.12 bits per heavy atom. The van der Waals surface area contributed by atoms with Gasteiger partial charge in [0.25, 0.3) is 5.89 Å². The van der Waals surface area contributed by atoms with Crippen LogP contribution in [0.1, 0.15) is 19.5 Å². The standard InChI is InChI=1S/C22H27ClN4O5/c1-5-27(6-2)19-10-15(7-13(3)24-19)22-25-21(26-32-22)14-8-17(23)20(18(9-14)30-4)31-12-16(29)11-28/h7-10,16,28-29H,5-6,11-12H2,1-4H3/t16-/m0/s1. The summed E-state index contributed by atoms with van der Waals surface area (Å²) >= 11 is 6.37. The van der Waals surface area contributed by atoms with Crippen LogP contribution in [0.25, 0.3) is 22.8 Å². The highest BCUT2D eigenvalue weighted by molar-refractivity contribution is 6.32. The lowest BCUT2D eigenvalue weighted by atomic mass is 10.2. The third-order valence-corrected chi connectivity index (χ3v) is 5.10. The second-order valence-electron chi connectivity index (χ2n) is 7.09. The fourth-order valence-corrected chi connectivity index (χ4v) is 3.43. The zero-order valence-corrected chi connectivity index (χ0v) is 19.3. The number of anilines is 1. The number of methoxy groups -OCH3 is 1. The van der Waals surface area contributed by atoms with Gasteiger partial charge in [0.15, 0.2) is 11.5 Å². The largest absolute Gasteiger partial charge is 0.493 e. The third-order valence-electron chi connectivity index (χ3n) is 4.82. The van der Waals surface area contributed by atoms with Gasteiger partial charge in [-0.05, 0) is 45.0 Å². The lowest BCUT2D eigenvalue weighted by Crippen LogP contribution is -2.23. The van der Waals surface area contributed by atoms with Crippen molar-refractivity contribution in [1.29, 1.82) is 0 Å². The van der Waals surface area contributed by atoms with Crippen LogP contribution in [0.3, 0.4) is 0 Å². The molecule has 3 rings (SSSR count). The summed E-state index contributed by atoms with van der Waals surface area (Å²) < 4.78 is 16.4. The maximum Gasteiger partial charge on any atom is 0.258 e. The molecule has 0 saturated carbocycles. The monoisotopic (exact) mass is 462 g/mol. The number of pyridine rings is 1. The number of halogens is 1. The second kappa shape index (κ2) is 10.6. The third kappa shape index (κ3) is 5.29. The van der Waals surface area contributed by atoms with E-state index in [1.807, 2.05) is 19.1 Å². The van der Waals surface area contributed by atoms with E-state index in [9.17, 15) is 5.11 Å². The summed E-state index contributed by atoms with van der Waals surface area (Å²) in [6, 6.07) is 7.11. The molecule has 32 heavy (non-hydrogen) atoms. The Hall–Kier alpha value is -2.88. The number of aromatic nitrogens is 3. The first-order valence-corrected chi connectivity index (χ1v) is 10.6. The van der Waals surface area contributed by atoms with E-state index < -0.39 is 12.7 Å². The van der Waals surface area contributed by atoms with Crippen molar-refractivity contribution in [3.05, 3.63) is 35.0 Å². The van der Waals surface area contributed by atoms with Crippen molar-refractivity contribution in [2.45, 2.75) is 26.9 Å². The van der Waals surface area contributed by atoms with E-state index in [4.69, 9.17) is 30.7 Å². The second-order valence-corrected chi connectivity index (χ2v) is 7.49. The average molecular weight is 463 g/mol. The van der Waals surface area contributed by atoms with E-state index >= 15 is 0 Å². The Kier molecular flexibility index (Phi) is 7.89. The Bertz CT molecular complexity index is 1050. The first-order chi connectivity index (χ1) is 15.4. The Morgan fingerprint density at radius 2 is 1.88 bits per heavy atom. The van der Waals surface area contributed by atoms with Gasteiger partial charge in [0.05, 0.1) is 18.7 Å². The molecule has 0 unspecified atom stereocenters. The number of nitrogens with zero attached hydrogens (tertiary/aromatic N) is 4. The van der Waals surface area contributed by atoms with Gasteiger partial charge in [-0.15, -0.1) is 0 Å². The SMILES string of the molecule is CCN(CC)c1cc(-c2nc(-c3cc(Cl)c(OC[C@@H](O)CO)c(OC)c3)no2)cc(C)n1. The molecule has 0 radical (unpaired) electrons. The zero-order chi connectivity index (χ0) is 23.3. The van der Waals surface area contributed by atoms with Crippen LogP contribution in [0, 0.1) is 6.92 Å². The van der Waals surface area contributed by atoms with Crippen molar-refractivity contribution >= 4 is 17.4 Å². The molecule has 2 N–H and O–H groups in total. The van der Waals surface area contributed by atoms with Gasteiger partial charge in [-0.25, -0.2) is 4.98 Å². The van der Waals surface area contributed by atoms with Gasteiger partial charge in [-0.1, -0.05) is 16.8 Å². The molecule has 0 aliphatic heterocycles. The first-order valence-electron chi connectivity index (χ1n) is 10.3. The van der Waals surface area contributed by atoms with Crippen molar-refractivity contribution in [3.63, 3.8) is 0 Å². The number of hydrogen-bond acceptors (Lipinski definition) is 9. The van der Waals surface area contributed by atoms with Crippen molar-refractivity contribution in [1.82, 2.24) is 15.1 Å². The van der Waals surface area contributed by atoms with Gasteiger partial charge < -0.3 is 29.1 Å². The van der Waals surface area contributed by atoms with Crippen LogP contribution < -0.4 is 14.4 Å². The van der Waals surface area contributed by atoms with Crippen molar-refractivity contribution in [3.8, 4) is 34.3 Å². The molecular weight excluding hydrogens is 436 g/mol. The Balaban J connectivity index is 1.92. The van der Waals surface area contributed by atoms with Gasteiger partial charge in [-0.3, -0.25) is 0 Å². The molecule has 0 aliphatic rings. The average Bonchev–Trinajstić information content (AvgIpc) is 3.28. The molecule has 0 amide bonds. The Morgan fingerprint density at radius 3 is 2.53 bits per heavy atom. The van der Waals surface area contributed by atoms with Gasteiger partial charge in [-0.2, -0.15) is 4.98 Å². The van der Waals surface area contributed by atoms with Crippen LogP contribution in [-0.2, 0) is 0 Å². The van der Waals surface area contributed by atoms with E-state index in [0.717, 1.165) is 30.2 Å². The minimum absolute atomic E-state index is 0.130. The Labute approximate surface area is 191 Å². The lowest BCUT2D eigenvalue weighted by Gasteiger charge is -2.20. The summed E-state index contributed by atoms with van der Waals surface area (Å²) in [7, 11) is 1.47. The molecule has 0 aliphatic carbocycles. The van der Waals surface area contributed by atoms with Crippen molar-refractivity contribution < 1.29 is 24.2 Å². The smallest absolute Gasteiger partial charge is 0.258 e. The summed E-state index contributed by atoms with van der Waals surface area (Å²) in [6.45, 7) is 7.20. The van der Waals surface area contributed by atoms with Gasteiger partial charge >= 0.3 is 0 Å². The molecule has 2 aromatic heterocycles. The van der Waals surface area contributed by atoms with Crippen LogP contribution in [0.4, 0.5) is 5.82 Å². The summed E-state index contributed by atoms with van der Waals surface area (Å²) in [5.41, 5.74) is 2.20. The molecule has 10 heteroatoms. The molecule has 172 valence electrons. The number of ether oxygens (including phenoxy) is 2. The molecule has 0 spiro atoms. The molecule has 0 bridgehead atoms. The fourth-order valence-electron chi connectivity index (χ4n) is 3.16. The minimum Gasteiger partial charge on any atom is -0.493 e. The minimum atomic E-state index is -1.03. The van der Waals surface area contributed by atoms with E-state index in [-0.39, 0.29) is 17.4 Å². The molecule has 0 saturated heterocycles. The fraction of sp³-hybridized carbons (Fsp3) is 0.409. The topological polar surface area (TPSA) is 114 Å². The molecule has 9 nitrogen and oxygen atoms in total. The molecular formula is C22H27ClN4O5. The molecule has 1 atom stereocenters. The van der Waals surface area contributed by atoms with Gasteiger partial charge in [0.1, 0.15) is 18.5 Å². The highest BCUT2D eigenvalue weighted by Crippen LogP contribution is 2.39. The quantitative estimate of drug-likeness (QED) is 0.468. The van der Waals surface area contributed by atoms with E-state index in [0.29, 0.717) is 23.0 Å². The summed E-state index contributed by atoms with van der Waals surface area (Å²) in [6.07, 6.45) is -1.03. The number of rotatable bonds is 10. The zero-order valence-electron chi connectivity index (χ0n) is 18.5. The molecule has 1 aromatic carbocycles. The maximum absolute atomic E-state index is 9.52. The number of hydrogen-bond donors (Lipinski definition) is 2. The van der Waals surface area contributed by atoms with Crippen molar-refractivity contribution in [2.24, 2.45) is 0 Å². The molecule has 2 heterocycles. The first kappa shape index (κ1) is 23.8. The predicted molar refractivity (Wildman–Crippen MR) is 121 cm³/mol. The molecule has 3 aromatic rings. The van der Waals surface area contributed by atoms with Crippen molar-refractivity contribution in [2.75, 3.05) is 38.3 Å². The van der Waals surface area contributed by atoms with Crippen LogP contribution in [0.2, 0.25) is 5.02 Å². The number of aliphatic hydroxyl groups is 2. The lowest BCUT2D eigenvalue weighted by molar-refractivity contribution is 0.0528. The van der Waals surface area contributed by atoms with Crippen LogP contribution in [0.5, 0.6) is 11.5 Å². The number of benzene rings is 1.